The van der Waals surface area contributed by atoms with Crippen LogP contribution in [0.15, 0.2) is 12.2 Å². The number of allylic oxidation sites excluding steroid dienone is 2. The van der Waals surface area contributed by atoms with Gasteiger partial charge in [-0.1, -0.05) is 63.5 Å². The Balaban J connectivity index is 5.29. The van der Waals surface area contributed by atoms with E-state index in [-0.39, 0.29) is 0 Å². The van der Waals surface area contributed by atoms with Gasteiger partial charge in [0.25, 0.3) is 0 Å². The molecule has 134 valence electrons. The lowest BCUT2D eigenvalue weighted by atomic mass is 9.80. The highest BCUT2D eigenvalue weighted by molar-refractivity contribution is 6.79. The summed E-state index contributed by atoms with van der Waals surface area (Å²) in [6.07, 6.45) is 5.39. The molecule has 23 heavy (non-hydrogen) atoms. The Morgan fingerprint density at radius 1 is 1.00 bits per heavy atom. The normalized spacial score (nSPS) is 12.4. The summed E-state index contributed by atoms with van der Waals surface area (Å²) < 4.78 is 9.87. The number of hydrogen-bond acceptors (Lipinski definition) is 4. The lowest BCUT2D eigenvalue weighted by Gasteiger charge is -2.31. The minimum atomic E-state index is -1.26. The first-order valence-electron chi connectivity index (χ1n) is 8.69. The molecule has 0 aromatic carbocycles. The third-order valence-electron chi connectivity index (χ3n) is 5.41. The number of hydrogen-bond donors (Lipinski definition) is 0. The molecule has 0 atom stereocenters. The van der Waals surface area contributed by atoms with Crippen LogP contribution >= 0.6 is 0 Å². The van der Waals surface area contributed by atoms with Gasteiger partial charge in [-0.05, 0) is 19.8 Å². The van der Waals surface area contributed by atoms with E-state index in [0.29, 0.717) is 12.8 Å². The number of ether oxygens (including phenoxy) is 2. The Morgan fingerprint density at radius 2 is 1.48 bits per heavy atom. The van der Waals surface area contributed by atoms with Crippen LogP contribution in [0, 0.1) is 5.41 Å². The second kappa shape index (κ2) is 10.6. The fourth-order valence-electron chi connectivity index (χ4n) is 3.31. The maximum absolute atomic E-state index is 12.4. The lowest BCUT2D eigenvalue weighted by Crippen LogP contribution is -2.41. The Hall–Kier alpha value is -1.10. The second-order valence-corrected chi connectivity index (χ2v) is 11.9. The highest BCUT2D eigenvalue weighted by Crippen LogP contribution is 2.36. The molecule has 0 saturated carbocycles. The molecule has 0 aliphatic carbocycles. The van der Waals surface area contributed by atoms with Crippen LogP contribution in [0.4, 0.5) is 0 Å². The van der Waals surface area contributed by atoms with E-state index in [9.17, 15) is 9.59 Å². The van der Waals surface area contributed by atoms with E-state index in [2.05, 4.69) is 20.8 Å². The van der Waals surface area contributed by atoms with Crippen molar-refractivity contribution in [3.63, 3.8) is 0 Å². The molecule has 0 heterocycles. The maximum atomic E-state index is 12.4. The Labute approximate surface area is 142 Å². The molecular weight excluding hydrogens is 308 g/mol. The van der Waals surface area contributed by atoms with Crippen molar-refractivity contribution in [2.75, 3.05) is 14.2 Å². The van der Waals surface area contributed by atoms with E-state index in [1.54, 1.807) is 0 Å². The number of rotatable bonds is 11. The molecule has 0 aromatic rings. The number of carbonyl (C=O) groups is 2. The molecule has 4 nitrogen and oxygen atoms in total. The van der Waals surface area contributed by atoms with Crippen LogP contribution in [0.5, 0.6) is 0 Å². The summed E-state index contributed by atoms with van der Waals surface area (Å²) >= 11 is 0. The summed E-state index contributed by atoms with van der Waals surface area (Å²) in [6.45, 7) is 8.69. The average molecular weight is 343 g/mol. The molecule has 0 unspecified atom stereocenters. The quantitative estimate of drug-likeness (QED) is 0.239. The molecule has 0 saturated heterocycles. The van der Waals surface area contributed by atoms with Crippen LogP contribution in [-0.4, -0.2) is 34.2 Å². The van der Waals surface area contributed by atoms with Crippen molar-refractivity contribution >= 4 is 20.0 Å². The first-order valence-corrected chi connectivity index (χ1v) is 11.5. The van der Waals surface area contributed by atoms with Crippen molar-refractivity contribution in [1.29, 1.82) is 0 Å². The van der Waals surface area contributed by atoms with Gasteiger partial charge in [0.05, 0.1) is 22.3 Å². The van der Waals surface area contributed by atoms with Crippen LogP contribution in [0.3, 0.4) is 0 Å². The van der Waals surface area contributed by atoms with Gasteiger partial charge in [0.1, 0.15) is 0 Å². The average Bonchev–Trinajstić information content (AvgIpc) is 2.60. The number of carbonyl (C=O) groups excluding carboxylic acids is 2. The van der Waals surface area contributed by atoms with Crippen molar-refractivity contribution in [2.45, 2.75) is 71.1 Å². The van der Waals surface area contributed by atoms with E-state index in [1.165, 1.54) is 32.4 Å². The molecule has 0 aliphatic rings. The minimum absolute atomic E-state index is 0.335. The van der Waals surface area contributed by atoms with Gasteiger partial charge in [-0.2, -0.15) is 0 Å². The standard InChI is InChI=1S/C18H34O4Si/c1-7-11-13-18(16(19)21-5,17(20)22-6)14-12-15-23(8-2,9-3)10-4/h7,11H,8-10,12-15H2,1-6H3/b11-7-. The zero-order valence-electron chi connectivity index (χ0n) is 15.7. The van der Waals surface area contributed by atoms with E-state index in [0.717, 1.165) is 12.5 Å². The van der Waals surface area contributed by atoms with Gasteiger partial charge in [0.15, 0.2) is 5.41 Å². The molecule has 0 radical (unpaired) electrons. The summed E-state index contributed by atoms with van der Waals surface area (Å²) in [5.41, 5.74) is -1.20. The van der Waals surface area contributed by atoms with Crippen LogP contribution in [0.2, 0.25) is 24.2 Å². The Morgan fingerprint density at radius 3 is 1.83 bits per heavy atom. The number of methoxy groups -OCH3 is 2. The van der Waals surface area contributed by atoms with Crippen molar-refractivity contribution in [1.82, 2.24) is 0 Å². The van der Waals surface area contributed by atoms with E-state index in [4.69, 9.17) is 9.47 Å². The summed E-state index contributed by atoms with van der Waals surface area (Å²) in [6, 6.07) is 4.89. The van der Waals surface area contributed by atoms with E-state index < -0.39 is 25.4 Å². The molecule has 0 N–H and O–H groups in total. The minimum Gasteiger partial charge on any atom is -0.468 e. The third-order valence-corrected chi connectivity index (χ3v) is 11.3. The monoisotopic (exact) mass is 342 g/mol. The van der Waals surface area contributed by atoms with Gasteiger partial charge >= 0.3 is 11.9 Å². The highest BCUT2D eigenvalue weighted by atomic mass is 28.3. The fraction of sp³-hybridized carbons (Fsp3) is 0.778. The second-order valence-electron chi connectivity index (χ2n) is 6.25. The van der Waals surface area contributed by atoms with Gasteiger partial charge in [-0.3, -0.25) is 9.59 Å². The van der Waals surface area contributed by atoms with Gasteiger partial charge in [0, 0.05) is 0 Å². The van der Waals surface area contributed by atoms with Crippen molar-refractivity contribution in [3.8, 4) is 0 Å². The predicted octanol–water partition coefficient (Wildman–Crippen LogP) is 4.57. The third kappa shape index (κ3) is 5.48. The first kappa shape index (κ1) is 21.9. The van der Waals surface area contributed by atoms with Gasteiger partial charge < -0.3 is 9.47 Å². The molecular formula is C18H34O4Si. The molecule has 5 heteroatoms. The van der Waals surface area contributed by atoms with Crippen molar-refractivity contribution in [3.05, 3.63) is 12.2 Å². The SMILES string of the molecule is C/C=C\CC(CCC[Si](CC)(CC)CC)(C(=O)OC)C(=O)OC. The zero-order chi connectivity index (χ0) is 17.9. The van der Waals surface area contributed by atoms with Crippen LogP contribution < -0.4 is 0 Å². The highest BCUT2D eigenvalue weighted by Gasteiger charge is 2.47. The zero-order valence-corrected chi connectivity index (χ0v) is 16.7. The topological polar surface area (TPSA) is 52.6 Å². The summed E-state index contributed by atoms with van der Waals surface area (Å²) in [5.74, 6) is -0.974. The molecule has 0 spiro atoms. The Kier molecular flexibility index (Phi) is 10.1. The van der Waals surface area contributed by atoms with E-state index in [1.807, 2.05) is 19.1 Å². The van der Waals surface area contributed by atoms with Gasteiger partial charge in [0.2, 0.25) is 0 Å². The predicted molar refractivity (Wildman–Crippen MR) is 97.1 cm³/mol. The van der Waals surface area contributed by atoms with Crippen molar-refractivity contribution < 1.29 is 19.1 Å². The molecule has 0 amide bonds. The van der Waals surface area contributed by atoms with Crippen LogP contribution in [0.1, 0.15) is 47.0 Å². The van der Waals surface area contributed by atoms with Crippen LogP contribution in [0.25, 0.3) is 0 Å². The van der Waals surface area contributed by atoms with Gasteiger partial charge in [-0.15, -0.1) is 0 Å². The lowest BCUT2D eigenvalue weighted by molar-refractivity contribution is -0.169. The first-order chi connectivity index (χ1) is 10.9. The molecule has 0 aromatic heterocycles. The maximum Gasteiger partial charge on any atom is 0.323 e. The smallest absolute Gasteiger partial charge is 0.323 e. The molecule has 0 fully saturated rings. The summed E-state index contributed by atoms with van der Waals surface area (Å²) in [5, 5.41) is 0. The van der Waals surface area contributed by atoms with Crippen molar-refractivity contribution in [2.24, 2.45) is 5.41 Å². The van der Waals surface area contributed by atoms with Gasteiger partial charge in [-0.25, -0.2) is 0 Å². The Bertz CT molecular complexity index is 376. The molecule has 0 rings (SSSR count). The van der Waals surface area contributed by atoms with Crippen LogP contribution in [-0.2, 0) is 19.1 Å². The largest absolute Gasteiger partial charge is 0.468 e. The number of esters is 2. The summed E-state index contributed by atoms with van der Waals surface area (Å²) in [7, 11) is 1.40. The fourth-order valence-corrected chi connectivity index (χ4v) is 6.80. The van der Waals surface area contributed by atoms with E-state index >= 15 is 0 Å². The summed E-state index contributed by atoms with van der Waals surface area (Å²) in [4.78, 5) is 24.7. The molecule has 0 bridgehead atoms. The molecule has 0 aliphatic heterocycles.